The Bertz CT molecular complexity index is 739. The molecule has 0 aromatic heterocycles. The van der Waals surface area contributed by atoms with Crippen LogP contribution in [-0.4, -0.2) is 13.1 Å². The number of hydrogen-bond acceptors (Lipinski definition) is 1. The summed E-state index contributed by atoms with van der Waals surface area (Å²) in [5, 5.41) is 8.81. The van der Waals surface area contributed by atoms with E-state index in [4.69, 9.17) is 0 Å². The second-order valence-electron chi connectivity index (χ2n) is 5.50. The number of rotatable bonds is 1. The molecule has 1 unspecified atom stereocenters. The summed E-state index contributed by atoms with van der Waals surface area (Å²) in [5.41, 5.74) is 1.48. The van der Waals surface area contributed by atoms with Gasteiger partial charge < -0.3 is 5.32 Å². The minimum absolute atomic E-state index is 0.691. The largest absolute Gasteiger partial charge is 0.316 e. The monoisotopic (exact) mass is 247 g/mol. The van der Waals surface area contributed by atoms with Crippen LogP contribution < -0.4 is 5.32 Å². The van der Waals surface area contributed by atoms with Crippen molar-refractivity contribution in [1.82, 2.24) is 5.32 Å². The van der Waals surface area contributed by atoms with Gasteiger partial charge in [-0.1, -0.05) is 42.5 Å². The summed E-state index contributed by atoms with van der Waals surface area (Å²) >= 11 is 0. The van der Waals surface area contributed by atoms with Gasteiger partial charge in [0.15, 0.2) is 0 Å². The molecule has 0 radical (unpaired) electrons. The molecule has 1 aliphatic rings. The highest BCUT2D eigenvalue weighted by atomic mass is 14.9. The van der Waals surface area contributed by atoms with Crippen LogP contribution in [0.2, 0.25) is 0 Å². The van der Waals surface area contributed by atoms with Gasteiger partial charge in [-0.05, 0) is 58.1 Å². The Hall–Kier alpha value is -1.86. The highest BCUT2D eigenvalue weighted by molar-refractivity contribution is 5.98. The summed E-state index contributed by atoms with van der Waals surface area (Å²) in [6.45, 7) is 2.28. The summed E-state index contributed by atoms with van der Waals surface area (Å²) in [6.07, 6.45) is 1.26. The van der Waals surface area contributed by atoms with Gasteiger partial charge in [-0.2, -0.15) is 0 Å². The van der Waals surface area contributed by atoms with Crippen LogP contribution in [0, 0.1) is 0 Å². The fraction of sp³-hybridized carbons (Fsp3) is 0.222. The third-order valence-corrected chi connectivity index (χ3v) is 4.26. The third kappa shape index (κ3) is 1.91. The molecular weight excluding hydrogens is 230 g/mol. The van der Waals surface area contributed by atoms with Crippen molar-refractivity contribution in [3.05, 3.63) is 60.2 Å². The molecule has 4 rings (SSSR count). The Morgan fingerprint density at radius 3 is 2.26 bits per heavy atom. The van der Waals surface area contributed by atoms with Crippen molar-refractivity contribution < 1.29 is 0 Å². The van der Waals surface area contributed by atoms with Gasteiger partial charge in [0.05, 0.1) is 0 Å². The van der Waals surface area contributed by atoms with E-state index in [-0.39, 0.29) is 0 Å². The van der Waals surface area contributed by atoms with Gasteiger partial charge in [0, 0.05) is 6.54 Å². The van der Waals surface area contributed by atoms with E-state index in [0.29, 0.717) is 5.92 Å². The Morgan fingerprint density at radius 1 is 0.789 bits per heavy atom. The molecular formula is C18H17N. The van der Waals surface area contributed by atoms with Gasteiger partial charge in [-0.15, -0.1) is 0 Å². The number of fused-ring (bicyclic) bond motifs is 2. The highest BCUT2D eigenvalue weighted by Gasteiger charge is 2.16. The van der Waals surface area contributed by atoms with Gasteiger partial charge in [0.2, 0.25) is 0 Å². The van der Waals surface area contributed by atoms with E-state index >= 15 is 0 Å². The Kier molecular flexibility index (Phi) is 2.52. The van der Waals surface area contributed by atoms with Crippen molar-refractivity contribution in [3.8, 4) is 0 Å². The van der Waals surface area contributed by atoms with Crippen LogP contribution in [0.5, 0.6) is 0 Å². The zero-order valence-electron chi connectivity index (χ0n) is 10.9. The molecule has 1 atom stereocenters. The van der Waals surface area contributed by atoms with Crippen molar-refractivity contribution in [3.63, 3.8) is 0 Å². The highest BCUT2D eigenvalue weighted by Crippen LogP contribution is 2.28. The molecule has 3 aromatic carbocycles. The maximum Gasteiger partial charge on any atom is 0.00206 e. The quantitative estimate of drug-likeness (QED) is 0.639. The lowest BCUT2D eigenvalue weighted by Gasteiger charge is -2.10. The van der Waals surface area contributed by atoms with Crippen molar-refractivity contribution in [2.24, 2.45) is 0 Å². The van der Waals surface area contributed by atoms with Crippen molar-refractivity contribution in [1.29, 1.82) is 0 Å². The van der Waals surface area contributed by atoms with Gasteiger partial charge in [0.1, 0.15) is 0 Å². The average molecular weight is 247 g/mol. The van der Waals surface area contributed by atoms with Crippen molar-refractivity contribution in [2.45, 2.75) is 12.3 Å². The number of nitrogens with one attached hydrogen (secondary N) is 1. The molecule has 1 N–H and O–H groups in total. The first-order chi connectivity index (χ1) is 9.40. The van der Waals surface area contributed by atoms with Crippen LogP contribution in [0.1, 0.15) is 17.9 Å². The van der Waals surface area contributed by atoms with E-state index in [2.05, 4.69) is 59.9 Å². The minimum atomic E-state index is 0.691. The predicted octanol–water partition coefficient (Wildman–Crippen LogP) is 4.07. The maximum atomic E-state index is 3.45. The zero-order chi connectivity index (χ0) is 12.7. The normalized spacial score (nSPS) is 19.3. The zero-order valence-corrected chi connectivity index (χ0v) is 10.9. The lowest BCUT2D eigenvalue weighted by atomic mass is 9.94. The minimum Gasteiger partial charge on any atom is -0.316 e. The molecule has 0 aliphatic carbocycles. The first-order valence-corrected chi connectivity index (χ1v) is 7.03. The van der Waals surface area contributed by atoms with E-state index < -0.39 is 0 Å². The molecule has 3 aromatic rings. The molecule has 1 nitrogen and oxygen atoms in total. The summed E-state index contributed by atoms with van der Waals surface area (Å²) in [5.74, 6) is 0.691. The Morgan fingerprint density at radius 2 is 1.53 bits per heavy atom. The average Bonchev–Trinajstić information content (AvgIpc) is 2.98. The topological polar surface area (TPSA) is 12.0 Å². The summed E-state index contributed by atoms with van der Waals surface area (Å²) in [6, 6.07) is 20.1. The first kappa shape index (κ1) is 11.0. The van der Waals surface area contributed by atoms with Crippen molar-refractivity contribution >= 4 is 21.5 Å². The van der Waals surface area contributed by atoms with E-state index in [0.717, 1.165) is 13.1 Å². The molecule has 1 heteroatoms. The van der Waals surface area contributed by atoms with Crippen LogP contribution in [0.4, 0.5) is 0 Å². The SMILES string of the molecule is c1ccc2cc3cc(C4CCNC4)ccc3cc2c1. The second kappa shape index (κ2) is 4.36. The maximum absolute atomic E-state index is 3.45. The van der Waals surface area contributed by atoms with Crippen LogP contribution in [0.25, 0.3) is 21.5 Å². The second-order valence-corrected chi connectivity index (χ2v) is 5.50. The molecule has 1 heterocycles. The Labute approximate surface area is 113 Å². The Balaban J connectivity index is 1.89. The van der Waals surface area contributed by atoms with Crippen LogP contribution in [0.15, 0.2) is 54.6 Å². The molecule has 1 saturated heterocycles. The molecule has 0 spiro atoms. The molecule has 1 aliphatic heterocycles. The standard InChI is InChI=1S/C18H17N/c1-2-4-14-10-18-11-15(17-7-8-19-12-17)5-6-16(18)9-13(14)3-1/h1-6,9-11,17,19H,7-8,12H2. The number of hydrogen-bond donors (Lipinski definition) is 1. The lowest BCUT2D eigenvalue weighted by Crippen LogP contribution is -2.07. The predicted molar refractivity (Wildman–Crippen MR) is 81.7 cm³/mol. The fourth-order valence-corrected chi connectivity index (χ4v) is 3.15. The van der Waals surface area contributed by atoms with E-state index in [9.17, 15) is 0 Å². The van der Waals surface area contributed by atoms with E-state index in [1.807, 2.05) is 0 Å². The van der Waals surface area contributed by atoms with Crippen LogP contribution >= 0.6 is 0 Å². The van der Waals surface area contributed by atoms with Gasteiger partial charge in [-0.3, -0.25) is 0 Å². The summed E-state index contributed by atoms with van der Waals surface area (Å²) in [4.78, 5) is 0. The van der Waals surface area contributed by atoms with Gasteiger partial charge in [-0.25, -0.2) is 0 Å². The molecule has 0 bridgehead atoms. The lowest BCUT2D eigenvalue weighted by molar-refractivity contribution is 0.765. The molecule has 94 valence electrons. The molecule has 0 saturated carbocycles. The van der Waals surface area contributed by atoms with Gasteiger partial charge >= 0.3 is 0 Å². The number of benzene rings is 3. The first-order valence-electron chi connectivity index (χ1n) is 7.03. The van der Waals surface area contributed by atoms with E-state index in [1.165, 1.54) is 33.5 Å². The molecule has 1 fully saturated rings. The molecule has 19 heavy (non-hydrogen) atoms. The fourth-order valence-electron chi connectivity index (χ4n) is 3.15. The van der Waals surface area contributed by atoms with Crippen LogP contribution in [0.3, 0.4) is 0 Å². The molecule has 0 amide bonds. The van der Waals surface area contributed by atoms with E-state index in [1.54, 1.807) is 0 Å². The smallest absolute Gasteiger partial charge is 0.00206 e. The van der Waals surface area contributed by atoms with Crippen molar-refractivity contribution in [2.75, 3.05) is 13.1 Å². The van der Waals surface area contributed by atoms with Crippen LogP contribution in [-0.2, 0) is 0 Å². The third-order valence-electron chi connectivity index (χ3n) is 4.26. The summed E-state index contributed by atoms with van der Waals surface area (Å²) < 4.78 is 0. The van der Waals surface area contributed by atoms with Gasteiger partial charge in [0.25, 0.3) is 0 Å². The summed E-state index contributed by atoms with van der Waals surface area (Å²) in [7, 11) is 0.